The van der Waals surface area contributed by atoms with Crippen LogP contribution in [0.3, 0.4) is 0 Å². The molecule has 4 aromatic rings. The predicted octanol–water partition coefficient (Wildman–Crippen LogP) is 0.872. The van der Waals surface area contributed by atoms with Gasteiger partial charge in [-0.25, -0.2) is 14.6 Å². The second kappa shape index (κ2) is 7.72. The lowest BCUT2D eigenvalue weighted by molar-refractivity contribution is -0.115. The molecule has 144 valence electrons. The van der Waals surface area contributed by atoms with Gasteiger partial charge >= 0.3 is 0 Å². The zero-order chi connectivity index (χ0) is 20.2. The fourth-order valence-corrected chi connectivity index (χ4v) is 2.72. The average molecular weight is 389 g/mol. The molecule has 0 atom stereocenters. The minimum atomic E-state index is -0.633. The van der Waals surface area contributed by atoms with Gasteiger partial charge in [0.05, 0.1) is 18.4 Å². The third kappa shape index (κ3) is 3.86. The van der Waals surface area contributed by atoms with Crippen LogP contribution in [0.25, 0.3) is 16.7 Å². The van der Waals surface area contributed by atoms with E-state index in [0.29, 0.717) is 22.4 Å². The van der Waals surface area contributed by atoms with E-state index in [2.05, 4.69) is 30.7 Å². The summed E-state index contributed by atoms with van der Waals surface area (Å²) in [7, 11) is 0. The molecule has 1 aromatic carbocycles. The van der Waals surface area contributed by atoms with Gasteiger partial charge in [-0.1, -0.05) is 12.1 Å². The van der Waals surface area contributed by atoms with E-state index < -0.39 is 17.2 Å². The van der Waals surface area contributed by atoms with Gasteiger partial charge in [0.2, 0.25) is 11.3 Å². The molecule has 3 aromatic heterocycles. The third-order valence-electron chi connectivity index (χ3n) is 4.13. The number of para-hydroxylation sites is 1. The van der Waals surface area contributed by atoms with Crippen LogP contribution in [-0.4, -0.2) is 43.1 Å². The van der Waals surface area contributed by atoms with Crippen molar-refractivity contribution < 1.29 is 9.59 Å². The molecule has 3 heterocycles. The van der Waals surface area contributed by atoms with Crippen molar-refractivity contribution in [3.05, 3.63) is 77.2 Å². The summed E-state index contributed by atoms with van der Waals surface area (Å²) in [6, 6.07) is 10.2. The van der Waals surface area contributed by atoms with Crippen molar-refractivity contribution >= 4 is 28.4 Å². The number of aromatic nitrogens is 5. The van der Waals surface area contributed by atoms with Crippen LogP contribution >= 0.6 is 0 Å². The quantitative estimate of drug-likeness (QED) is 0.464. The lowest BCUT2D eigenvalue weighted by atomic mass is 10.1. The molecule has 10 heteroatoms. The summed E-state index contributed by atoms with van der Waals surface area (Å²) >= 11 is 0. The molecular weight excluding hydrogens is 374 g/mol. The Labute approximate surface area is 163 Å². The molecule has 0 aliphatic heterocycles. The Morgan fingerprint density at radius 3 is 2.76 bits per heavy atom. The molecule has 4 rings (SSSR count). The number of carbonyl (C=O) groups is 2. The maximum atomic E-state index is 12.4. The van der Waals surface area contributed by atoms with Gasteiger partial charge in [0.25, 0.3) is 5.91 Å². The smallest absolute Gasteiger partial charge is 0.257 e. The number of rotatable bonds is 5. The highest BCUT2D eigenvalue weighted by Crippen LogP contribution is 2.09. The summed E-state index contributed by atoms with van der Waals surface area (Å²) in [5.41, 5.74) is 0.630. The molecule has 0 aliphatic rings. The molecular formula is C19H15N7O3. The van der Waals surface area contributed by atoms with Crippen molar-refractivity contribution in [2.75, 3.05) is 11.9 Å². The van der Waals surface area contributed by atoms with Gasteiger partial charge in [-0.05, 0) is 24.3 Å². The van der Waals surface area contributed by atoms with E-state index in [4.69, 9.17) is 0 Å². The number of hydrogen-bond donors (Lipinski definition) is 3. The van der Waals surface area contributed by atoms with Crippen LogP contribution in [0.15, 0.2) is 66.2 Å². The average Bonchev–Trinajstić information content (AvgIpc) is 3.28. The Kier molecular flexibility index (Phi) is 4.81. The molecule has 0 unspecified atom stereocenters. The Morgan fingerprint density at radius 2 is 2.00 bits per heavy atom. The van der Waals surface area contributed by atoms with Crippen molar-refractivity contribution in [2.45, 2.75) is 0 Å². The molecule has 3 N–H and O–H groups in total. The van der Waals surface area contributed by atoms with E-state index in [0.717, 1.165) is 0 Å². The van der Waals surface area contributed by atoms with E-state index in [-0.39, 0.29) is 12.1 Å². The van der Waals surface area contributed by atoms with Crippen LogP contribution in [0.1, 0.15) is 10.4 Å². The van der Waals surface area contributed by atoms with Crippen molar-refractivity contribution in [3.8, 4) is 5.82 Å². The summed E-state index contributed by atoms with van der Waals surface area (Å²) in [6.45, 7) is -0.296. The molecule has 0 saturated carbocycles. The first-order valence-electron chi connectivity index (χ1n) is 8.61. The number of nitrogens with one attached hydrogen (secondary N) is 3. The largest absolute Gasteiger partial charge is 0.360 e. The van der Waals surface area contributed by atoms with E-state index in [1.807, 2.05) is 0 Å². The highest BCUT2D eigenvalue weighted by molar-refractivity contribution is 6.00. The summed E-state index contributed by atoms with van der Waals surface area (Å²) < 4.78 is 1.48. The molecule has 0 fully saturated rings. The van der Waals surface area contributed by atoms with Crippen molar-refractivity contribution in [1.29, 1.82) is 0 Å². The number of benzene rings is 1. The number of anilines is 1. The lowest BCUT2D eigenvalue weighted by Gasteiger charge is -2.08. The normalized spacial score (nSPS) is 10.6. The van der Waals surface area contributed by atoms with Crippen LogP contribution in [-0.2, 0) is 4.79 Å². The Morgan fingerprint density at radius 1 is 1.14 bits per heavy atom. The monoisotopic (exact) mass is 389 g/mol. The number of amides is 2. The van der Waals surface area contributed by atoms with E-state index >= 15 is 0 Å². The topological polar surface area (TPSA) is 135 Å². The van der Waals surface area contributed by atoms with Crippen molar-refractivity contribution in [3.63, 3.8) is 0 Å². The predicted molar refractivity (Wildman–Crippen MR) is 105 cm³/mol. The number of pyridine rings is 2. The van der Waals surface area contributed by atoms with Crippen LogP contribution in [0.5, 0.6) is 0 Å². The SMILES string of the molecule is O=C(CNC(=O)c1c[nH]c2ccccc2c1=O)Nc1ccc(-n2cncn2)nc1. The highest BCUT2D eigenvalue weighted by Gasteiger charge is 2.14. The second-order valence-electron chi connectivity index (χ2n) is 6.05. The van der Waals surface area contributed by atoms with Crippen molar-refractivity contribution in [1.82, 2.24) is 30.0 Å². The fourth-order valence-electron chi connectivity index (χ4n) is 2.72. The molecule has 10 nitrogen and oxygen atoms in total. The molecule has 2 amide bonds. The maximum Gasteiger partial charge on any atom is 0.257 e. The fraction of sp³-hybridized carbons (Fsp3) is 0.0526. The van der Waals surface area contributed by atoms with Crippen LogP contribution in [0, 0.1) is 0 Å². The Balaban J connectivity index is 1.38. The third-order valence-corrected chi connectivity index (χ3v) is 4.13. The minimum Gasteiger partial charge on any atom is -0.360 e. The molecule has 0 aliphatic carbocycles. The second-order valence-corrected chi connectivity index (χ2v) is 6.05. The number of H-pyrrole nitrogens is 1. The number of fused-ring (bicyclic) bond motifs is 1. The van der Waals surface area contributed by atoms with Gasteiger partial charge < -0.3 is 15.6 Å². The summed E-state index contributed by atoms with van der Waals surface area (Å²) in [4.78, 5) is 47.7. The first-order chi connectivity index (χ1) is 14.1. The van der Waals surface area contributed by atoms with Gasteiger partial charge in [0, 0.05) is 17.1 Å². The number of hydrogen-bond acceptors (Lipinski definition) is 6. The number of carbonyl (C=O) groups excluding carboxylic acids is 2. The van der Waals surface area contributed by atoms with Crippen LogP contribution < -0.4 is 16.1 Å². The summed E-state index contributed by atoms with van der Waals surface area (Å²) in [5.74, 6) is -0.540. The highest BCUT2D eigenvalue weighted by atomic mass is 16.2. The van der Waals surface area contributed by atoms with Gasteiger partial charge in [0.15, 0.2) is 5.82 Å². The maximum absolute atomic E-state index is 12.4. The van der Waals surface area contributed by atoms with E-state index in [1.165, 1.54) is 29.7 Å². The summed E-state index contributed by atoms with van der Waals surface area (Å²) in [5, 5.41) is 9.43. The van der Waals surface area contributed by atoms with E-state index in [1.54, 1.807) is 36.4 Å². The van der Waals surface area contributed by atoms with Gasteiger partial charge in [-0.3, -0.25) is 14.4 Å². The number of aromatic amines is 1. The van der Waals surface area contributed by atoms with Crippen LogP contribution in [0.4, 0.5) is 5.69 Å². The van der Waals surface area contributed by atoms with Gasteiger partial charge in [-0.2, -0.15) is 5.10 Å². The van der Waals surface area contributed by atoms with Crippen molar-refractivity contribution in [2.24, 2.45) is 0 Å². The molecule has 0 bridgehead atoms. The summed E-state index contributed by atoms with van der Waals surface area (Å²) in [6.07, 6.45) is 5.70. The lowest BCUT2D eigenvalue weighted by Crippen LogP contribution is -2.35. The molecule has 0 saturated heterocycles. The minimum absolute atomic E-state index is 0.0599. The molecule has 29 heavy (non-hydrogen) atoms. The zero-order valence-corrected chi connectivity index (χ0v) is 15.0. The first kappa shape index (κ1) is 18.0. The Hall–Kier alpha value is -4.34. The van der Waals surface area contributed by atoms with Crippen LogP contribution in [0.2, 0.25) is 0 Å². The number of nitrogens with zero attached hydrogens (tertiary/aromatic N) is 4. The molecule has 0 radical (unpaired) electrons. The van der Waals surface area contributed by atoms with Gasteiger partial charge in [-0.15, -0.1) is 0 Å². The Bertz CT molecular complexity index is 1230. The van der Waals surface area contributed by atoms with E-state index in [9.17, 15) is 14.4 Å². The zero-order valence-electron chi connectivity index (χ0n) is 15.0. The first-order valence-corrected chi connectivity index (χ1v) is 8.61. The molecule has 0 spiro atoms. The van der Waals surface area contributed by atoms with Gasteiger partial charge in [0.1, 0.15) is 18.2 Å². The standard InChI is InChI=1S/C19H15N7O3/c27-17(25-12-5-6-16(22-7-12)26-11-20-10-24-26)9-23-19(29)14-8-21-15-4-2-1-3-13(15)18(14)28/h1-8,10-11H,9H2,(H,21,28)(H,23,29)(H,25,27).